The molecule has 0 saturated heterocycles. The van der Waals surface area contributed by atoms with Crippen LogP contribution >= 0.6 is 0 Å². The van der Waals surface area contributed by atoms with Crippen LogP contribution in [0, 0.1) is 0 Å². The zero-order chi connectivity index (χ0) is 33.7. The van der Waals surface area contributed by atoms with Crippen LogP contribution in [0.25, 0.3) is 0 Å². The van der Waals surface area contributed by atoms with Crippen LogP contribution in [0.3, 0.4) is 0 Å². The van der Waals surface area contributed by atoms with Gasteiger partial charge in [-0.2, -0.15) is 0 Å². The van der Waals surface area contributed by atoms with Gasteiger partial charge in [-0.1, -0.05) is 233 Å². The van der Waals surface area contributed by atoms with Gasteiger partial charge in [-0.25, -0.2) is 0 Å². The van der Waals surface area contributed by atoms with Gasteiger partial charge in [-0.15, -0.1) is 0 Å². The summed E-state index contributed by atoms with van der Waals surface area (Å²) < 4.78 is 0. The number of unbranched alkanes of at least 4 members (excludes halogenated alkanes) is 33. The van der Waals surface area contributed by atoms with Gasteiger partial charge >= 0.3 is 0 Å². The Balaban J connectivity index is 2.13. The average Bonchev–Trinajstić information content (AvgIpc) is 3.47. The summed E-state index contributed by atoms with van der Waals surface area (Å²) in [7, 11) is 0. The summed E-state index contributed by atoms with van der Waals surface area (Å²) in [5.41, 5.74) is 0. The molecule has 1 aliphatic rings. The zero-order valence-corrected chi connectivity index (χ0v) is 33.2. The second-order valence-electron chi connectivity index (χ2n) is 15.7. The fraction of sp³-hybridized carbons (Fsp3) is 0.956. The molecule has 0 radical (unpaired) electrons. The van der Waals surface area contributed by atoms with Gasteiger partial charge in [0.15, 0.2) is 0 Å². The molecule has 0 N–H and O–H groups in total. The lowest BCUT2D eigenvalue weighted by molar-refractivity contribution is 0.135. The van der Waals surface area contributed by atoms with Gasteiger partial charge in [0.05, 0.1) is 0 Å². The third-order valence-electron chi connectivity index (χ3n) is 11.1. The quantitative estimate of drug-likeness (QED) is 0.0606. The zero-order valence-electron chi connectivity index (χ0n) is 33.2. The third-order valence-corrected chi connectivity index (χ3v) is 11.1. The second-order valence-corrected chi connectivity index (χ2v) is 15.7. The molecule has 0 bridgehead atoms. The Morgan fingerprint density at radius 3 is 0.745 bits per heavy atom. The number of hydrogen-bond donors (Lipinski definition) is 0. The summed E-state index contributed by atoms with van der Waals surface area (Å²) in [5.74, 6) is 0. The molecule has 1 rings (SSSR count). The first-order chi connectivity index (χ1) is 23.3. The highest BCUT2D eigenvalue weighted by molar-refractivity contribution is 4.97. The van der Waals surface area contributed by atoms with E-state index in [4.69, 9.17) is 0 Å². The van der Waals surface area contributed by atoms with Crippen molar-refractivity contribution in [2.24, 2.45) is 0 Å². The summed E-state index contributed by atoms with van der Waals surface area (Å²) in [6, 6.07) is 0. The monoisotopic (exact) mass is 659 g/mol. The largest absolute Gasteiger partial charge is 0.356 e. The standard InChI is InChI=1S/C45H90N2/c1-4-7-10-13-16-18-20-22-24-25-27-29-31-33-36-39-42-47-44-43-46(41-38-35-15-12-9-6-3)45(47)40-37-34-32-30-28-26-23-21-19-17-14-11-8-5-2/h43-45H,4-42H2,1-3H3. The Morgan fingerprint density at radius 1 is 0.277 bits per heavy atom. The highest BCUT2D eigenvalue weighted by Gasteiger charge is 2.24. The van der Waals surface area contributed by atoms with Crippen molar-refractivity contribution in [3.8, 4) is 0 Å². The van der Waals surface area contributed by atoms with Crippen molar-refractivity contribution in [1.29, 1.82) is 0 Å². The van der Waals surface area contributed by atoms with Crippen LogP contribution in [0.1, 0.15) is 258 Å². The van der Waals surface area contributed by atoms with Gasteiger partial charge in [0.2, 0.25) is 0 Å². The molecule has 0 aromatic heterocycles. The molecule has 2 nitrogen and oxygen atoms in total. The molecule has 0 aromatic rings. The maximum Gasteiger partial charge on any atom is 0.101 e. The van der Waals surface area contributed by atoms with E-state index < -0.39 is 0 Å². The Bertz CT molecular complexity index is 615. The molecule has 1 atom stereocenters. The number of nitrogens with zero attached hydrogens (tertiary/aromatic N) is 2. The predicted octanol–water partition coefficient (Wildman–Crippen LogP) is 15.9. The lowest BCUT2D eigenvalue weighted by Crippen LogP contribution is -2.39. The normalized spacial score (nSPS) is 14.7. The lowest BCUT2D eigenvalue weighted by atomic mass is 10.0. The lowest BCUT2D eigenvalue weighted by Gasteiger charge is -2.33. The number of rotatable bonds is 39. The van der Waals surface area contributed by atoms with Crippen LogP contribution in [-0.2, 0) is 0 Å². The van der Waals surface area contributed by atoms with Crippen molar-refractivity contribution in [3.63, 3.8) is 0 Å². The first-order valence-electron chi connectivity index (χ1n) is 22.5. The summed E-state index contributed by atoms with van der Waals surface area (Å²) in [6.45, 7) is 9.49. The van der Waals surface area contributed by atoms with Crippen molar-refractivity contribution >= 4 is 0 Å². The van der Waals surface area contributed by atoms with E-state index in [1.54, 1.807) is 0 Å². The van der Waals surface area contributed by atoms with E-state index in [9.17, 15) is 0 Å². The first-order valence-corrected chi connectivity index (χ1v) is 22.5. The Labute approximate surface area is 299 Å². The van der Waals surface area contributed by atoms with Crippen LogP contribution in [0.15, 0.2) is 12.4 Å². The number of hydrogen-bond acceptors (Lipinski definition) is 2. The van der Waals surface area contributed by atoms with Crippen molar-refractivity contribution < 1.29 is 0 Å². The molecule has 280 valence electrons. The average molecular weight is 659 g/mol. The van der Waals surface area contributed by atoms with Crippen molar-refractivity contribution in [2.45, 2.75) is 265 Å². The fourth-order valence-corrected chi connectivity index (χ4v) is 7.78. The van der Waals surface area contributed by atoms with E-state index in [0.717, 1.165) is 0 Å². The van der Waals surface area contributed by atoms with Crippen LogP contribution in [-0.4, -0.2) is 29.1 Å². The van der Waals surface area contributed by atoms with Crippen LogP contribution < -0.4 is 0 Å². The molecule has 0 aromatic carbocycles. The molecule has 0 spiro atoms. The van der Waals surface area contributed by atoms with Gasteiger partial charge in [-0.3, -0.25) is 0 Å². The molecule has 1 unspecified atom stereocenters. The van der Waals surface area contributed by atoms with E-state index in [2.05, 4.69) is 43.0 Å². The summed E-state index contributed by atoms with van der Waals surface area (Å²) >= 11 is 0. The van der Waals surface area contributed by atoms with Crippen molar-refractivity contribution in [3.05, 3.63) is 12.4 Å². The van der Waals surface area contributed by atoms with Gasteiger partial charge in [0, 0.05) is 25.5 Å². The van der Waals surface area contributed by atoms with Gasteiger partial charge in [-0.05, 0) is 25.7 Å². The SMILES string of the molecule is CCCCCCCCCCCCCCCCCCN1C=CN(CCCCCCCC)C1CCCCCCCCCCCCCCCC. The topological polar surface area (TPSA) is 6.48 Å². The van der Waals surface area contributed by atoms with Crippen LogP contribution in [0.2, 0.25) is 0 Å². The van der Waals surface area contributed by atoms with Gasteiger partial charge in [0.1, 0.15) is 6.17 Å². The van der Waals surface area contributed by atoms with Gasteiger partial charge in [0.25, 0.3) is 0 Å². The van der Waals surface area contributed by atoms with Gasteiger partial charge < -0.3 is 9.80 Å². The smallest absolute Gasteiger partial charge is 0.101 e. The van der Waals surface area contributed by atoms with E-state index in [1.165, 1.54) is 251 Å². The third kappa shape index (κ3) is 28.8. The Morgan fingerprint density at radius 2 is 0.489 bits per heavy atom. The summed E-state index contributed by atoms with van der Waals surface area (Å²) in [6.07, 6.45) is 58.9. The highest BCUT2D eigenvalue weighted by Crippen LogP contribution is 2.24. The first kappa shape index (κ1) is 44.4. The van der Waals surface area contributed by atoms with Crippen molar-refractivity contribution in [2.75, 3.05) is 13.1 Å². The minimum atomic E-state index is 0.638. The molecule has 1 heterocycles. The van der Waals surface area contributed by atoms with Crippen molar-refractivity contribution in [1.82, 2.24) is 9.80 Å². The predicted molar refractivity (Wildman–Crippen MR) is 214 cm³/mol. The van der Waals surface area contributed by atoms with E-state index in [-0.39, 0.29) is 0 Å². The molecular formula is C45H90N2. The molecule has 1 aliphatic heterocycles. The minimum Gasteiger partial charge on any atom is -0.356 e. The molecule has 0 fully saturated rings. The van der Waals surface area contributed by atoms with E-state index >= 15 is 0 Å². The maximum atomic E-state index is 2.73. The minimum absolute atomic E-state index is 0.638. The molecule has 0 amide bonds. The summed E-state index contributed by atoms with van der Waals surface area (Å²) in [4.78, 5) is 5.44. The molecule has 47 heavy (non-hydrogen) atoms. The fourth-order valence-electron chi connectivity index (χ4n) is 7.78. The summed E-state index contributed by atoms with van der Waals surface area (Å²) in [5, 5.41) is 0. The van der Waals surface area contributed by atoms with Crippen LogP contribution in [0.5, 0.6) is 0 Å². The van der Waals surface area contributed by atoms with E-state index in [0.29, 0.717) is 6.17 Å². The van der Waals surface area contributed by atoms with E-state index in [1.807, 2.05) is 0 Å². The molecule has 2 heteroatoms. The maximum absolute atomic E-state index is 2.73. The molecule has 0 aliphatic carbocycles. The second kappa shape index (κ2) is 36.6. The molecular weight excluding hydrogens is 569 g/mol. The Hall–Kier alpha value is -0.660. The molecule has 0 saturated carbocycles. The Kier molecular flexibility index (Phi) is 34.6. The highest BCUT2D eigenvalue weighted by atomic mass is 15.4. The van der Waals surface area contributed by atoms with Crippen LogP contribution in [0.4, 0.5) is 0 Å².